The molecule has 2 aliphatic rings. The van der Waals surface area contributed by atoms with Gasteiger partial charge < -0.3 is 10.0 Å². The van der Waals surface area contributed by atoms with Crippen LogP contribution in [-0.2, 0) is 4.79 Å². The number of rotatable bonds is 3. The van der Waals surface area contributed by atoms with Crippen molar-refractivity contribution in [3.63, 3.8) is 0 Å². The van der Waals surface area contributed by atoms with Crippen LogP contribution in [0.15, 0.2) is 6.07 Å². The van der Waals surface area contributed by atoms with Crippen molar-refractivity contribution in [1.82, 2.24) is 9.97 Å². The molecule has 0 aromatic carbocycles. The van der Waals surface area contributed by atoms with Crippen molar-refractivity contribution in [2.45, 2.75) is 38.5 Å². The Morgan fingerprint density at radius 3 is 2.53 bits per heavy atom. The van der Waals surface area contributed by atoms with Gasteiger partial charge in [0, 0.05) is 30.8 Å². The Kier molecular flexibility index (Phi) is 3.12. The summed E-state index contributed by atoms with van der Waals surface area (Å²) in [7, 11) is 0. The van der Waals surface area contributed by atoms with E-state index in [-0.39, 0.29) is 5.92 Å². The summed E-state index contributed by atoms with van der Waals surface area (Å²) in [4.78, 5) is 22.2. The molecule has 0 atom stereocenters. The molecule has 0 spiro atoms. The van der Waals surface area contributed by atoms with Crippen LogP contribution in [0.5, 0.6) is 0 Å². The van der Waals surface area contributed by atoms with Crippen molar-refractivity contribution in [2.24, 2.45) is 5.92 Å². The third-order valence-corrected chi connectivity index (χ3v) is 4.01. The smallest absolute Gasteiger partial charge is 0.306 e. The number of carbonyl (C=O) groups is 1. The van der Waals surface area contributed by atoms with Crippen LogP contribution in [0.25, 0.3) is 0 Å². The SMILES string of the molecule is Cc1nc(C2CC2)cc(N2CCC(C(=O)O)CC2)n1. The average molecular weight is 261 g/mol. The lowest BCUT2D eigenvalue weighted by molar-refractivity contribution is -0.142. The number of aryl methyl sites for hydroxylation is 1. The van der Waals surface area contributed by atoms with Crippen LogP contribution in [0.3, 0.4) is 0 Å². The number of anilines is 1. The van der Waals surface area contributed by atoms with E-state index < -0.39 is 5.97 Å². The van der Waals surface area contributed by atoms with Crippen molar-refractivity contribution in [3.05, 3.63) is 17.6 Å². The predicted octanol–water partition coefficient (Wildman–Crippen LogP) is 1.96. The molecule has 1 aromatic rings. The van der Waals surface area contributed by atoms with Crippen LogP contribution in [0, 0.1) is 12.8 Å². The monoisotopic (exact) mass is 261 g/mol. The second kappa shape index (κ2) is 4.79. The molecular weight excluding hydrogens is 242 g/mol. The molecule has 5 nitrogen and oxygen atoms in total. The van der Waals surface area contributed by atoms with Gasteiger partial charge in [-0.2, -0.15) is 0 Å². The van der Waals surface area contributed by atoms with Crippen molar-refractivity contribution in [2.75, 3.05) is 18.0 Å². The van der Waals surface area contributed by atoms with E-state index >= 15 is 0 Å². The van der Waals surface area contributed by atoms with Gasteiger partial charge in [0.05, 0.1) is 5.92 Å². The van der Waals surface area contributed by atoms with Crippen molar-refractivity contribution in [1.29, 1.82) is 0 Å². The molecule has 2 heterocycles. The number of carboxylic acids is 1. The zero-order valence-electron chi connectivity index (χ0n) is 11.2. The van der Waals surface area contributed by atoms with Crippen LogP contribution < -0.4 is 4.90 Å². The number of piperidine rings is 1. The molecule has 0 amide bonds. The van der Waals surface area contributed by atoms with Crippen LogP contribution in [0.4, 0.5) is 5.82 Å². The Balaban J connectivity index is 1.74. The maximum Gasteiger partial charge on any atom is 0.306 e. The highest BCUT2D eigenvalue weighted by molar-refractivity contribution is 5.70. The molecule has 0 unspecified atom stereocenters. The fourth-order valence-electron chi connectivity index (χ4n) is 2.68. The number of nitrogens with zero attached hydrogens (tertiary/aromatic N) is 3. The molecule has 102 valence electrons. The van der Waals surface area contributed by atoms with Gasteiger partial charge in [-0.15, -0.1) is 0 Å². The van der Waals surface area contributed by atoms with Crippen molar-refractivity contribution >= 4 is 11.8 Å². The molecule has 1 saturated heterocycles. The Bertz CT molecular complexity index is 491. The van der Waals surface area contributed by atoms with Gasteiger partial charge in [0.1, 0.15) is 11.6 Å². The number of aliphatic carboxylic acids is 1. The van der Waals surface area contributed by atoms with Gasteiger partial charge in [-0.3, -0.25) is 4.79 Å². The molecule has 1 saturated carbocycles. The molecule has 0 radical (unpaired) electrons. The molecule has 1 aromatic heterocycles. The summed E-state index contributed by atoms with van der Waals surface area (Å²) in [6.07, 6.45) is 3.88. The topological polar surface area (TPSA) is 66.3 Å². The summed E-state index contributed by atoms with van der Waals surface area (Å²) < 4.78 is 0. The van der Waals surface area contributed by atoms with Gasteiger partial charge in [0.2, 0.25) is 0 Å². The first-order valence-electron chi connectivity index (χ1n) is 6.97. The number of hydrogen-bond donors (Lipinski definition) is 1. The van der Waals surface area contributed by atoms with Gasteiger partial charge in [-0.05, 0) is 32.6 Å². The van der Waals surface area contributed by atoms with Gasteiger partial charge in [-0.1, -0.05) is 0 Å². The summed E-state index contributed by atoms with van der Waals surface area (Å²) in [6, 6.07) is 2.09. The minimum Gasteiger partial charge on any atom is -0.481 e. The Morgan fingerprint density at radius 2 is 1.95 bits per heavy atom. The minimum atomic E-state index is -0.669. The molecule has 5 heteroatoms. The average Bonchev–Trinajstić information content (AvgIpc) is 3.22. The molecular formula is C14H19N3O2. The number of hydrogen-bond acceptors (Lipinski definition) is 4. The molecule has 0 bridgehead atoms. The summed E-state index contributed by atoms with van der Waals surface area (Å²) in [6.45, 7) is 3.48. The van der Waals surface area contributed by atoms with E-state index in [2.05, 4.69) is 20.9 Å². The van der Waals surface area contributed by atoms with E-state index in [0.717, 1.165) is 30.4 Å². The second-order valence-electron chi connectivity index (χ2n) is 5.57. The molecule has 1 aliphatic carbocycles. The lowest BCUT2D eigenvalue weighted by Gasteiger charge is -2.31. The lowest BCUT2D eigenvalue weighted by Crippen LogP contribution is -2.37. The highest BCUT2D eigenvalue weighted by Crippen LogP contribution is 2.40. The first-order valence-corrected chi connectivity index (χ1v) is 6.97. The largest absolute Gasteiger partial charge is 0.481 e. The van der Waals surface area contributed by atoms with Crippen LogP contribution in [0.2, 0.25) is 0 Å². The van der Waals surface area contributed by atoms with E-state index in [1.54, 1.807) is 0 Å². The minimum absolute atomic E-state index is 0.193. The third-order valence-electron chi connectivity index (χ3n) is 4.01. The summed E-state index contributed by atoms with van der Waals surface area (Å²) in [5.41, 5.74) is 1.16. The zero-order valence-corrected chi connectivity index (χ0v) is 11.2. The summed E-state index contributed by atoms with van der Waals surface area (Å²) in [5, 5.41) is 9.02. The Morgan fingerprint density at radius 1 is 1.26 bits per heavy atom. The summed E-state index contributed by atoms with van der Waals surface area (Å²) >= 11 is 0. The number of carboxylic acid groups (broad SMARTS) is 1. The van der Waals surface area contributed by atoms with Gasteiger partial charge in [0.15, 0.2) is 0 Å². The molecule has 1 aliphatic heterocycles. The van der Waals surface area contributed by atoms with Gasteiger partial charge in [0.25, 0.3) is 0 Å². The Labute approximate surface area is 112 Å². The first-order chi connectivity index (χ1) is 9.13. The van der Waals surface area contributed by atoms with E-state index in [1.165, 1.54) is 12.8 Å². The van der Waals surface area contributed by atoms with Gasteiger partial charge in [-0.25, -0.2) is 9.97 Å². The molecule has 19 heavy (non-hydrogen) atoms. The lowest BCUT2D eigenvalue weighted by atomic mass is 9.97. The quantitative estimate of drug-likeness (QED) is 0.901. The van der Waals surface area contributed by atoms with Crippen LogP contribution >= 0.6 is 0 Å². The van der Waals surface area contributed by atoms with E-state index in [1.807, 2.05) is 6.92 Å². The van der Waals surface area contributed by atoms with E-state index in [4.69, 9.17) is 5.11 Å². The maximum atomic E-state index is 11.0. The van der Waals surface area contributed by atoms with Gasteiger partial charge >= 0.3 is 5.97 Å². The van der Waals surface area contributed by atoms with Crippen molar-refractivity contribution < 1.29 is 9.90 Å². The van der Waals surface area contributed by atoms with E-state index in [9.17, 15) is 4.79 Å². The van der Waals surface area contributed by atoms with E-state index in [0.29, 0.717) is 18.8 Å². The van der Waals surface area contributed by atoms with Crippen molar-refractivity contribution in [3.8, 4) is 0 Å². The zero-order chi connectivity index (χ0) is 13.4. The van der Waals surface area contributed by atoms with Crippen LogP contribution in [-0.4, -0.2) is 34.1 Å². The number of aromatic nitrogens is 2. The van der Waals surface area contributed by atoms with Crippen LogP contribution in [0.1, 0.15) is 43.1 Å². The highest BCUT2D eigenvalue weighted by Gasteiger charge is 2.28. The fourth-order valence-corrected chi connectivity index (χ4v) is 2.68. The molecule has 1 N–H and O–H groups in total. The summed E-state index contributed by atoms with van der Waals surface area (Å²) in [5.74, 6) is 1.55. The molecule has 2 fully saturated rings. The first kappa shape index (κ1) is 12.4. The predicted molar refractivity (Wildman–Crippen MR) is 71.3 cm³/mol. The Hall–Kier alpha value is -1.65. The molecule has 3 rings (SSSR count). The second-order valence-corrected chi connectivity index (χ2v) is 5.57. The standard InChI is InChI=1S/C14H19N3O2/c1-9-15-12(10-2-3-10)8-13(16-9)17-6-4-11(5-7-17)14(18)19/h8,10-11H,2-7H2,1H3,(H,18,19). The highest BCUT2D eigenvalue weighted by atomic mass is 16.4. The normalized spacial score (nSPS) is 20.6. The maximum absolute atomic E-state index is 11.0. The third kappa shape index (κ3) is 2.69. The fraction of sp³-hybridized carbons (Fsp3) is 0.643.